The van der Waals surface area contributed by atoms with Gasteiger partial charge in [-0.25, -0.2) is 4.68 Å². The van der Waals surface area contributed by atoms with Gasteiger partial charge in [0.05, 0.1) is 18.7 Å². The van der Waals surface area contributed by atoms with Crippen LogP contribution in [0.2, 0.25) is 0 Å². The van der Waals surface area contributed by atoms with Crippen molar-refractivity contribution in [1.82, 2.24) is 14.8 Å². The molecule has 4 rings (SSSR count). The number of piperidine rings is 1. The molecular formula is C22H31N4O6P. The number of aromatic nitrogens is 3. The van der Waals surface area contributed by atoms with Gasteiger partial charge in [0.1, 0.15) is 12.4 Å². The summed E-state index contributed by atoms with van der Waals surface area (Å²) >= 11 is 0. The van der Waals surface area contributed by atoms with E-state index < -0.39 is 8.38 Å². The maximum Gasteiger partial charge on any atom is 0.278 e. The molecule has 180 valence electrons. The molecule has 2 aromatic heterocycles. The summed E-state index contributed by atoms with van der Waals surface area (Å²) in [5, 5.41) is 5.33. The lowest BCUT2D eigenvalue weighted by molar-refractivity contribution is -0.126. The van der Waals surface area contributed by atoms with Crippen LogP contribution >= 0.6 is 8.38 Å². The maximum absolute atomic E-state index is 13.4. The molecule has 0 aliphatic carbocycles. The van der Waals surface area contributed by atoms with Crippen molar-refractivity contribution in [3.05, 3.63) is 22.6 Å². The minimum atomic E-state index is -1.86. The Labute approximate surface area is 193 Å². The molecule has 2 aliphatic heterocycles. The largest absolute Gasteiger partial charge is 0.481 e. The second kappa shape index (κ2) is 10.9. The third-order valence-electron chi connectivity index (χ3n) is 6.63. The number of hydrogen-bond donors (Lipinski definition) is 2. The van der Waals surface area contributed by atoms with Crippen molar-refractivity contribution in [2.75, 3.05) is 44.5 Å². The molecule has 2 saturated heterocycles. The Morgan fingerprint density at radius 2 is 1.97 bits per heavy atom. The highest BCUT2D eigenvalue weighted by molar-refractivity contribution is 7.45. The molecule has 2 aliphatic rings. The monoisotopic (exact) mass is 478 g/mol. The number of nitrogens with zero attached hydrogens (tertiary/aromatic N) is 4. The van der Waals surface area contributed by atoms with Crippen LogP contribution in [0.4, 0.5) is 5.82 Å². The topological polar surface area (TPSA) is 127 Å². The summed E-state index contributed by atoms with van der Waals surface area (Å²) in [5.41, 5.74) is -0.327. The average Bonchev–Trinajstić information content (AvgIpc) is 2.84. The lowest BCUT2D eigenvalue weighted by Gasteiger charge is -2.33. The third-order valence-corrected chi connectivity index (χ3v) is 7.29. The van der Waals surface area contributed by atoms with Crippen LogP contribution in [-0.4, -0.2) is 69.9 Å². The van der Waals surface area contributed by atoms with Gasteiger partial charge in [0, 0.05) is 49.8 Å². The van der Waals surface area contributed by atoms with E-state index in [0.29, 0.717) is 73.7 Å². The summed E-state index contributed by atoms with van der Waals surface area (Å²) in [6, 6.07) is 1.69. The van der Waals surface area contributed by atoms with Crippen LogP contribution in [0.1, 0.15) is 32.1 Å². The fraction of sp³-hybridized carbons (Fsp3) is 0.636. The van der Waals surface area contributed by atoms with Gasteiger partial charge in [-0.05, 0) is 38.0 Å². The van der Waals surface area contributed by atoms with Crippen LogP contribution in [0.25, 0.3) is 10.8 Å². The van der Waals surface area contributed by atoms with E-state index >= 15 is 0 Å². The number of methoxy groups -OCH3 is 1. The molecule has 0 amide bonds. The first-order valence-corrected chi connectivity index (χ1v) is 12.8. The Morgan fingerprint density at radius 3 is 2.64 bits per heavy atom. The van der Waals surface area contributed by atoms with Crippen molar-refractivity contribution in [3.63, 3.8) is 0 Å². The van der Waals surface area contributed by atoms with E-state index in [0.717, 1.165) is 19.3 Å². The number of carbonyl (C=O) groups is 1. The van der Waals surface area contributed by atoms with Gasteiger partial charge in [-0.15, -0.1) is 0 Å². The Kier molecular flexibility index (Phi) is 7.90. The van der Waals surface area contributed by atoms with Crippen molar-refractivity contribution in [3.8, 4) is 5.88 Å². The minimum Gasteiger partial charge on any atom is -0.481 e. The van der Waals surface area contributed by atoms with Crippen LogP contribution in [0, 0.1) is 11.8 Å². The summed E-state index contributed by atoms with van der Waals surface area (Å²) in [5.74, 6) is 1.27. The molecule has 4 heterocycles. The summed E-state index contributed by atoms with van der Waals surface area (Å²) in [7, 11) is -0.324. The standard InChI is InChI=1S/C22H31N4O6P/c1-31-19-12-17-13-23-26(14-18(27)16-4-9-32-10-5-16)22(28)20(17)21(24-19)25-7-2-15(3-8-25)6-11-33(29)30/h12-13,15-16,29-30H,2-11,14H2,1H3. The zero-order chi connectivity index (χ0) is 23.4. The van der Waals surface area contributed by atoms with E-state index in [9.17, 15) is 19.4 Å². The van der Waals surface area contributed by atoms with Gasteiger partial charge in [0.2, 0.25) is 5.88 Å². The lowest BCUT2D eigenvalue weighted by atomic mass is 9.94. The van der Waals surface area contributed by atoms with Crippen LogP contribution < -0.4 is 15.2 Å². The number of ketones is 1. The van der Waals surface area contributed by atoms with E-state index in [1.807, 2.05) is 0 Å². The van der Waals surface area contributed by atoms with Crippen LogP contribution in [0.5, 0.6) is 5.88 Å². The van der Waals surface area contributed by atoms with Gasteiger partial charge in [-0.1, -0.05) is 0 Å². The predicted octanol–water partition coefficient (Wildman–Crippen LogP) is 1.70. The van der Waals surface area contributed by atoms with Gasteiger partial charge in [0.15, 0.2) is 14.2 Å². The Balaban J connectivity index is 1.59. The molecule has 0 atom stereocenters. The minimum absolute atomic E-state index is 0.00353. The molecule has 10 nitrogen and oxygen atoms in total. The fourth-order valence-corrected chi connectivity index (χ4v) is 5.23. The molecule has 0 radical (unpaired) electrons. The number of fused-ring (bicyclic) bond motifs is 1. The first-order valence-electron chi connectivity index (χ1n) is 11.4. The quantitative estimate of drug-likeness (QED) is 0.545. The summed E-state index contributed by atoms with van der Waals surface area (Å²) < 4.78 is 11.9. The summed E-state index contributed by atoms with van der Waals surface area (Å²) in [6.45, 7) is 2.49. The maximum atomic E-state index is 13.4. The Morgan fingerprint density at radius 1 is 1.24 bits per heavy atom. The SMILES string of the molecule is COc1cc2cnn(CC(=O)C3CCOCC3)c(=O)c2c(N2CCC(CCP(O)O)CC2)n1. The zero-order valence-electron chi connectivity index (χ0n) is 18.9. The highest BCUT2D eigenvalue weighted by atomic mass is 31.2. The molecule has 33 heavy (non-hydrogen) atoms. The number of rotatable bonds is 8. The highest BCUT2D eigenvalue weighted by Crippen LogP contribution is 2.33. The molecule has 2 N–H and O–H groups in total. The number of ether oxygens (including phenoxy) is 2. The number of carbonyl (C=O) groups excluding carboxylic acids is 1. The summed E-state index contributed by atoms with van der Waals surface area (Å²) in [6.07, 6.45) is 5.92. The highest BCUT2D eigenvalue weighted by Gasteiger charge is 2.26. The first-order chi connectivity index (χ1) is 16.0. The third kappa shape index (κ3) is 5.69. The van der Waals surface area contributed by atoms with E-state index in [1.165, 1.54) is 11.8 Å². The molecular weight excluding hydrogens is 447 g/mol. The number of anilines is 1. The van der Waals surface area contributed by atoms with Gasteiger partial charge in [-0.2, -0.15) is 10.1 Å². The van der Waals surface area contributed by atoms with E-state index in [4.69, 9.17) is 9.47 Å². The zero-order valence-corrected chi connectivity index (χ0v) is 19.7. The van der Waals surface area contributed by atoms with Gasteiger partial charge in [0.25, 0.3) is 5.56 Å². The smallest absolute Gasteiger partial charge is 0.278 e. The van der Waals surface area contributed by atoms with E-state index in [1.54, 1.807) is 12.3 Å². The molecule has 0 spiro atoms. The molecule has 2 aromatic rings. The van der Waals surface area contributed by atoms with Crippen LogP contribution in [-0.2, 0) is 16.1 Å². The van der Waals surface area contributed by atoms with E-state index in [-0.39, 0.29) is 23.8 Å². The Bertz CT molecular complexity index is 1030. The molecule has 11 heteroatoms. The second-order valence-corrected chi connectivity index (χ2v) is 9.92. The van der Waals surface area contributed by atoms with Gasteiger partial charge < -0.3 is 24.2 Å². The van der Waals surface area contributed by atoms with Gasteiger partial charge >= 0.3 is 0 Å². The summed E-state index contributed by atoms with van der Waals surface area (Å²) in [4.78, 5) is 51.3. The molecule has 0 unspecified atom stereocenters. The van der Waals surface area contributed by atoms with Crippen molar-refractivity contribution < 1.29 is 24.1 Å². The molecule has 0 aromatic carbocycles. The van der Waals surface area contributed by atoms with Crippen molar-refractivity contribution >= 4 is 30.7 Å². The molecule has 0 saturated carbocycles. The normalized spacial score (nSPS) is 18.2. The number of hydrogen-bond acceptors (Lipinski definition) is 9. The first kappa shape index (κ1) is 24.0. The molecule has 2 fully saturated rings. The molecule has 0 bridgehead atoms. The number of pyridine rings is 1. The fourth-order valence-electron chi connectivity index (χ4n) is 4.63. The second-order valence-electron chi connectivity index (χ2n) is 8.73. The predicted molar refractivity (Wildman–Crippen MR) is 125 cm³/mol. The number of Topliss-reactive ketones (excluding diaryl/α,β-unsaturated/α-hetero) is 1. The lowest BCUT2D eigenvalue weighted by Crippen LogP contribution is -2.36. The van der Waals surface area contributed by atoms with Crippen LogP contribution in [0.15, 0.2) is 17.1 Å². The van der Waals surface area contributed by atoms with Gasteiger partial charge in [-0.3, -0.25) is 9.59 Å². The van der Waals surface area contributed by atoms with Crippen molar-refractivity contribution in [2.24, 2.45) is 11.8 Å². The van der Waals surface area contributed by atoms with Crippen molar-refractivity contribution in [2.45, 2.75) is 38.6 Å². The average molecular weight is 478 g/mol. The van der Waals surface area contributed by atoms with Crippen LogP contribution in [0.3, 0.4) is 0 Å². The Hall–Kier alpha value is -2.13. The van der Waals surface area contributed by atoms with E-state index in [2.05, 4.69) is 15.0 Å². The van der Waals surface area contributed by atoms with Crippen molar-refractivity contribution in [1.29, 1.82) is 0 Å².